The summed E-state index contributed by atoms with van der Waals surface area (Å²) in [6, 6.07) is 0.0641. The van der Waals surface area contributed by atoms with Gasteiger partial charge in [0.1, 0.15) is 0 Å². The maximum atomic E-state index is 12.2. The van der Waals surface area contributed by atoms with Gasteiger partial charge < -0.3 is 4.90 Å². The molecule has 94 valence electrons. The fourth-order valence-electron chi connectivity index (χ4n) is 2.33. The van der Waals surface area contributed by atoms with E-state index >= 15 is 0 Å². The largest absolute Gasteiger partial charge is 0.326 e. The van der Waals surface area contributed by atoms with Gasteiger partial charge in [-0.15, -0.1) is 0 Å². The lowest BCUT2D eigenvalue weighted by Gasteiger charge is -2.27. The summed E-state index contributed by atoms with van der Waals surface area (Å²) in [6.07, 6.45) is 4.53. The Hall–Kier alpha value is -0.570. The number of hydrogen-bond acceptors (Lipinski definition) is 2. The molecular formula is C13H26N2O. The van der Waals surface area contributed by atoms with Gasteiger partial charge in [-0.25, -0.2) is 0 Å². The first-order chi connectivity index (χ1) is 7.61. The predicted molar refractivity (Wildman–Crippen MR) is 67.1 cm³/mol. The summed E-state index contributed by atoms with van der Waals surface area (Å²) in [6.45, 7) is 9.57. The lowest BCUT2D eigenvalue weighted by Crippen LogP contribution is -2.41. The molecular weight excluding hydrogens is 200 g/mol. The minimum Gasteiger partial charge on any atom is -0.326 e. The zero-order valence-electron chi connectivity index (χ0n) is 11.1. The quantitative estimate of drug-likeness (QED) is 0.754. The van der Waals surface area contributed by atoms with Gasteiger partial charge in [0, 0.05) is 6.54 Å². The second-order valence-corrected chi connectivity index (χ2v) is 5.08. The van der Waals surface area contributed by atoms with Gasteiger partial charge in [-0.2, -0.15) is 0 Å². The van der Waals surface area contributed by atoms with E-state index in [-0.39, 0.29) is 12.2 Å². The number of nitrogens with zero attached hydrogens (tertiary/aromatic N) is 1. The maximum Gasteiger partial charge on any atom is 0.241 e. The van der Waals surface area contributed by atoms with Crippen LogP contribution >= 0.6 is 0 Å². The first-order valence-electron chi connectivity index (χ1n) is 6.68. The van der Waals surface area contributed by atoms with Gasteiger partial charge in [0.05, 0.1) is 12.2 Å². The van der Waals surface area contributed by atoms with Gasteiger partial charge in [-0.3, -0.25) is 10.1 Å². The minimum atomic E-state index is 0.0641. The van der Waals surface area contributed by atoms with Crippen molar-refractivity contribution < 1.29 is 4.79 Å². The van der Waals surface area contributed by atoms with Crippen LogP contribution in [-0.2, 0) is 4.79 Å². The van der Waals surface area contributed by atoms with Crippen LogP contribution in [-0.4, -0.2) is 29.6 Å². The molecule has 0 saturated carbocycles. The van der Waals surface area contributed by atoms with Crippen molar-refractivity contribution in [3.05, 3.63) is 0 Å². The second kappa shape index (κ2) is 6.24. The molecule has 0 radical (unpaired) electrons. The monoisotopic (exact) mass is 226 g/mol. The number of carbonyl (C=O) groups is 1. The summed E-state index contributed by atoms with van der Waals surface area (Å²) >= 11 is 0. The molecule has 0 aliphatic carbocycles. The smallest absolute Gasteiger partial charge is 0.241 e. The molecule has 0 aromatic rings. The van der Waals surface area contributed by atoms with Crippen molar-refractivity contribution in [3.8, 4) is 0 Å². The molecule has 1 heterocycles. The molecule has 1 fully saturated rings. The Balaban J connectivity index is 2.64. The Morgan fingerprint density at radius 2 is 2.00 bits per heavy atom. The van der Waals surface area contributed by atoms with Crippen LogP contribution in [0.4, 0.5) is 0 Å². The number of amides is 1. The molecule has 0 aromatic heterocycles. The molecule has 0 bridgehead atoms. The van der Waals surface area contributed by atoms with Gasteiger partial charge in [0.15, 0.2) is 0 Å². The molecule has 1 rings (SSSR count). The van der Waals surface area contributed by atoms with Crippen LogP contribution in [0.2, 0.25) is 0 Å². The number of rotatable bonds is 6. The molecule has 1 aliphatic rings. The lowest BCUT2D eigenvalue weighted by atomic mass is 10.1. The van der Waals surface area contributed by atoms with Gasteiger partial charge in [0.2, 0.25) is 5.91 Å². The highest BCUT2D eigenvalue weighted by Crippen LogP contribution is 2.20. The molecule has 1 amide bonds. The first kappa shape index (κ1) is 13.5. The second-order valence-electron chi connectivity index (χ2n) is 5.08. The zero-order valence-corrected chi connectivity index (χ0v) is 11.1. The van der Waals surface area contributed by atoms with E-state index in [9.17, 15) is 4.79 Å². The van der Waals surface area contributed by atoms with Crippen LogP contribution in [0.15, 0.2) is 0 Å². The molecule has 1 aliphatic heterocycles. The summed E-state index contributed by atoms with van der Waals surface area (Å²) in [5, 5.41) is 3.48. The van der Waals surface area contributed by atoms with E-state index in [4.69, 9.17) is 0 Å². The highest BCUT2D eigenvalue weighted by atomic mass is 16.2. The Bertz CT molecular complexity index is 228. The van der Waals surface area contributed by atoms with Gasteiger partial charge >= 0.3 is 0 Å². The fourth-order valence-corrected chi connectivity index (χ4v) is 2.33. The van der Waals surface area contributed by atoms with Crippen molar-refractivity contribution in [1.29, 1.82) is 0 Å². The average molecular weight is 226 g/mol. The summed E-state index contributed by atoms with van der Waals surface area (Å²) in [5.74, 6) is 0.802. The third kappa shape index (κ3) is 2.97. The average Bonchev–Trinajstić information content (AvgIpc) is 2.55. The van der Waals surface area contributed by atoms with Crippen LogP contribution in [0, 0.1) is 5.92 Å². The van der Waals surface area contributed by atoms with Crippen molar-refractivity contribution in [1.82, 2.24) is 10.2 Å². The predicted octanol–water partition coefficient (Wildman–Crippen LogP) is 2.37. The Morgan fingerprint density at radius 3 is 2.50 bits per heavy atom. The normalized spacial score (nSPS) is 25.8. The van der Waals surface area contributed by atoms with Gasteiger partial charge in [-0.05, 0) is 18.8 Å². The van der Waals surface area contributed by atoms with Crippen molar-refractivity contribution >= 4 is 5.91 Å². The Labute approximate surface area is 99.6 Å². The zero-order chi connectivity index (χ0) is 12.1. The van der Waals surface area contributed by atoms with E-state index in [0.29, 0.717) is 11.8 Å². The van der Waals surface area contributed by atoms with E-state index in [0.717, 1.165) is 32.2 Å². The van der Waals surface area contributed by atoms with Gasteiger partial charge in [-0.1, -0.05) is 40.5 Å². The van der Waals surface area contributed by atoms with Crippen molar-refractivity contribution in [2.75, 3.05) is 6.54 Å². The van der Waals surface area contributed by atoms with E-state index in [1.54, 1.807) is 0 Å². The van der Waals surface area contributed by atoms with Crippen molar-refractivity contribution in [2.45, 2.75) is 65.6 Å². The Morgan fingerprint density at radius 1 is 1.31 bits per heavy atom. The van der Waals surface area contributed by atoms with Crippen LogP contribution in [0.5, 0.6) is 0 Å². The first-order valence-corrected chi connectivity index (χ1v) is 6.68. The van der Waals surface area contributed by atoms with E-state index in [2.05, 4.69) is 37.9 Å². The maximum absolute atomic E-state index is 12.2. The molecule has 2 atom stereocenters. The number of hydrogen-bond donors (Lipinski definition) is 1. The summed E-state index contributed by atoms with van der Waals surface area (Å²) in [4.78, 5) is 14.2. The highest BCUT2D eigenvalue weighted by Gasteiger charge is 2.38. The molecule has 1 N–H and O–H groups in total. The number of nitrogens with one attached hydrogen (secondary N) is 1. The number of unbranched alkanes of at least 4 members (excludes halogenated alkanes) is 1. The molecule has 16 heavy (non-hydrogen) atoms. The lowest BCUT2D eigenvalue weighted by molar-refractivity contribution is -0.130. The van der Waals surface area contributed by atoms with Crippen LogP contribution < -0.4 is 5.32 Å². The summed E-state index contributed by atoms with van der Waals surface area (Å²) in [5.41, 5.74) is 0. The van der Waals surface area contributed by atoms with E-state index in [1.165, 1.54) is 0 Å². The summed E-state index contributed by atoms with van der Waals surface area (Å²) < 4.78 is 0. The van der Waals surface area contributed by atoms with Crippen molar-refractivity contribution in [3.63, 3.8) is 0 Å². The van der Waals surface area contributed by atoms with E-state index < -0.39 is 0 Å². The Kier molecular flexibility index (Phi) is 5.26. The molecule has 1 saturated heterocycles. The highest BCUT2D eigenvalue weighted by molar-refractivity contribution is 5.84. The topological polar surface area (TPSA) is 32.3 Å². The van der Waals surface area contributed by atoms with Crippen LogP contribution in [0.25, 0.3) is 0 Å². The fraction of sp³-hybridized carbons (Fsp3) is 0.923. The van der Waals surface area contributed by atoms with Gasteiger partial charge in [0.25, 0.3) is 0 Å². The molecule has 3 heteroatoms. The minimum absolute atomic E-state index is 0.0641. The summed E-state index contributed by atoms with van der Waals surface area (Å²) in [7, 11) is 0. The molecule has 0 spiro atoms. The third-order valence-corrected chi connectivity index (χ3v) is 3.25. The SMILES string of the molecule is CCCCN1C(=O)C(CCC)NC1C(C)C. The number of carbonyl (C=O) groups excluding carboxylic acids is 1. The molecule has 3 nitrogen and oxygen atoms in total. The van der Waals surface area contributed by atoms with Crippen molar-refractivity contribution in [2.24, 2.45) is 5.92 Å². The van der Waals surface area contributed by atoms with Crippen LogP contribution in [0.1, 0.15) is 53.4 Å². The molecule has 0 aromatic carbocycles. The van der Waals surface area contributed by atoms with Crippen LogP contribution in [0.3, 0.4) is 0 Å². The standard InChI is InChI=1S/C13H26N2O/c1-5-7-9-15-12(10(3)4)14-11(8-6-2)13(15)16/h10-12,14H,5-9H2,1-4H3. The van der Waals surface area contributed by atoms with E-state index in [1.807, 2.05) is 0 Å². The third-order valence-electron chi connectivity index (χ3n) is 3.25. The molecule has 2 unspecified atom stereocenters.